The molecule has 0 saturated carbocycles. The maximum Gasteiger partial charge on any atom is 0.305 e. The molecule has 828 valence electrons. The number of phenolic OH excluding ortho intramolecular Hbond substituents is 2. The number of likely N-dealkylation sites (tertiary alicyclic amines) is 1. The number of aliphatic hydroxyl groups excluding tert-OH is 6. The van der Waals surface area contributed by atoms with E-state index in [-0.39, 0.29) is 93.6 Å². The van der Waals surface area contributed by atoms with E-state index in [0.717, 1.165) is 32.6 Å². The number of rotatable bonds is 64. The second kappa shape index (κ2) is 62.8. The molecule has 0 radical (unpaired) electrons. The van der Waals surface area contributed by atoms with E-state index in [2.05, 4.69) is 101 Å². The van der Waals surface area contributed by atoms with Gasteiger partial charge in [-0.25, -0.2) is 0 Å². The minimum atomic E-state index is -2.12. The van der Waals surface area contributed by atoms with Gasteiger partial charge in [-0.3, -0.25) is 116 Å². The van der Waals surface area contributed by atoms with Crippen LogP contribution in [0.3, 0.4) is 0 Å². The Balaban J connectivity index is 1.60. The predicted molar refractivity (Wildman–Crippen MR) is 526 cm³/mol. The number of primary amides is 3. The number of nitrogens with zero attached hydrogens (tertiary/aromatic N) is 1. The number of aliphatic hydroxyl groups is 6. The monoisotopic (exact) mass is 2120 g/mol. The van der Waals surface area contributed by atoms with E-state index in [1.165, 1.54) is 62.4 Å². The Morgan fingerprint density at radius 1 is 0.373 bits per heavy atom. The van der Waals surface area contributed by atoms with Crippen molar-refractivity contribution >= 4 is 142 Å². The van der Waals surface area contributed by atoms with E-state index in [9.17, 15) is 147 Å². The summed E-state index contributed by atoms with van der Waals surface area (Å²) < 4.78 is 0. The lowest BCUT2D eigenvalue weighted by Crippen LogP contribution is -2.63. The van der Waals surface area contributed by atoms with Crippen LogP contribution in [0.4, 0.5) is 0 Å². The van der Waals surface area contributed by atoms with Crippen LogP contribution < -0.4 is 130 Å². The number of nitrogens with two attached hydrogens (primary N) is 5. The normalized spacial score (nSPS) is 15.9. The molecule has 1 aliphatic rings. The molecule has 58 heteroatoms. The maximum atomic E-state index is 15.1. The summed E-state index contributed by atoms with van der Waals surface area (Å²) in [4.78, 5) is 302. The molecule has 0 aromatic heterocycles. The fourth-order valence-electron chi connectivity index (χ4n) is 15.0. The van der Waals surface area contributed by atoms with Crippen molar-refractivity contribution in [1.29, 1.82) is 10.8 Å². The SMILES string of the molecule is CC(=O)N[C@@H](CC(N)=O)C(=O)N[C@@H](Cc1ccccc1)C(=O)NCC(=O)N[C@@H](Cc1ccc(O)cc1)C(=O)N[C@@H](CC(=O)O)C(=O)N[C@@H](CC(C)C)C(=O)N[C@@H](Cc1ccc(O)cc1)C(=O)N[C@@H](CCCNC(=N)N)C(=O)N[C@H](C(=O)N[C@@H](CCCNC(=N)N)C(=O)N[C@@H](CO)C(=O)N[C@@H](CO)C(=O)N[C@H](C(=O)N[C@@H](CO)C(=O)N1CCC[C@H]1C(=O)N[C@H](C(=O)N[C@H](C(=O)N[C@@H](CC(N)=O)C(N)=O)[C@@H](C)O)[C@@H](C)O)[C@@H](C)O)C(C)C. The van der Waals surface area contributed by atoms with Gasteiger partial charge in [0.2, 0.25) is 124 Å². The molecule has 4 rings (SSSR count). The van der Waals surface area contributed by atoms with E-state index < -0.39 is 333 Å². The van der Waals surface area contributed by atoms with Gasteiger partial charge in [-0.2, -0.15) is 0 Å². The highest BCUT2D eigenvalue weighted by Crippen LogP contribution is 2.22. The van der Waals surface area contributed by atoms with Gasteiger partial charge in [0.25, 0.3) is 0 Å². The number of carbonyl (C=O) groups excluding carboxylic acids is 21. The topological polar surface area (TPSA) is 967 Å². The molecular weight excluding hydrogens is 1980 g/mol. The molecule has 40 N–H and O–H groups in total. The summed E-state index contributed by atoms with van der Waals surface area (Å²) in [6, 6.07) is -12.3. The van der Waals surface area contributed by atoms with Crippen LogP contribution >= 0.6 is 0 Å². The third-order valence-corrected chi connectivity index (χ3v) is 22.8. The Kier molecular flexibility index (Phi) is 52.8. The second-order valence-electron chi connectivity index (χ2n) is 36.2. The Morgan fingerprint density at radius 2 is 0.713 bits per heavy atom. The van der Waals surface area contributed by atoms with Crippen molar-refractivity contribution in [2.75, 3.05) is 46.0 Å². The number of nitrogens with one attached hydrogen (secondary N) is 21. The van der Waals surface area contributed by atoms with Crippen LogP contribution in [0.1, 0.15) is 136 Å². The Morgan fingerprint density at radius 3 is 1.15 bits per heavy atom. The van der Waals surface area contributed by atoms with Gasteiger partial charge in [-0.15, -0.1) is 0 Å². The number of amides is 21. The molecule has 150 heavy (non-hydrogen) atoms. The van der Waals surface area contributed by atoms with E-state index in [1.54, 1.807) is 44.2 Å². The fraction of sp³-hybridized carbons (Fsp3) is 0.543. The van der Waals surface area contributed by atoms with Gasteiger partial charge in [0.1, 0.15) is 114 Å². The molecule has 1 saturated heterocycles. The van der Waals surface area contributed by atoms with Gasteiger partial charge in [-0.05, 0) is 119 Å². The van der Waals surface area contributed by atoms with Crippen molar-refractivity contribution in [1.82, 2.24) is 106 Å². The number of hydrogen-bond acceptors (Lipinski definition) is 32. The highest BCUT2D eigenvalue weighted by Gasteiger charge is 2.45. The third-order valence-electron chi connectivity index (χ3n) is 22.8. The van der Waals surface area contributed by atoms with Crippen LogP contribution in [0, 0.1) is 22.7 Å². The largest absolute Gasteiger partial charge is 0.508 e. The van der Waals surface area contributed by atoms with Crippen LogP contribution in [0.2, 0.25) is 0 Å². The van der Waals surface area contributed by atoms with E-state index in [0.29, 0.717) is 5.56 Å². The van der Waals surface area contributed by atoms with Crippen LogP contribution in [0.5, 0.6) is 11.5 Å². The summed E-state index contributed by atoms with van der Waals surface area (Å²) in [6.45, 7) is 4.99. The van der Waals surface area contributed by atoms with Crippen molar-refractivity contribution in [3.05, 3.63) is 95.6 Å². The number of guanidine groups is 2. The number of aromatic hydroxyl groups is 2. The number of benzene rings is 3. The summed E-state index contributed by atoms with van der Waals surface area (Å²) in [5.74, 6) is -29.1. The molecule has 3 aromatic carbocycles. The first-order chi connectivity index (χ1) is 70.5. The van der Waals surface area contributed by atoms with Gasteiger partial charge in [0.05, 0.1) is 63.9 Å². The summed E-state index contributed by atoms with van der Waals surface area (Å²) in [6.07, 6.45) is -10.4. The third kappa shape index (κ3) is 43.9. The minimum absolute atomic E-state index is 0.0839. The molecule has 0 bridgehead atoms. The molecule has 20 atom stereocenters. The number of carbonyl (C=O) groups is 22. The van der Waals surface area contributed by atoms with Gasteiger partial charge in [-0.1, -0.05) is 82.3 Å². The molecule has 0 aliphatic carbocycles. The molecule has 0 unspecified atom stereocenters. The van der Waals surface area contributed by atoms with Crippen LogP contribution in [-0.2, 0) is 125 Å². The zero-order valence-electron chi connectivity index (χ0n) is 83.7. The predicted octanol–water partition coefficient (Wildman–Crippen LogP) is -13.9. The Bertz CT molecular complexity index is 5200. The van der Waals surface area contributed by atoms with E-state index in [4.69, 9.17) is 39.5 Å². The summed E-state index contributed by atoms with van der Waals surface area (Å²) in [7, 11) is 0. The highest BCUT2D eigenvalue weighted by atomic mass is 16.4. The summed E-state index contributed by atoms with van der Waals surface area (Å²) in [5, 5.41) is 154. The zero-order chi connectivity index (χ0) is 113. The van der Waals surface area contributed by atoms with Crippen molar-refractivity contribution in [3.63, 3.8) is 0 Å². The van der Waals surface area contributed by atoms with E-state index in [1.807, 2.05) is 0 Å². The van der Waals surface area contributed by atoms with Gasteiger partial charge in [0, 0.05) is 45.8 Å². The molecule has 58 nitrogen and oxygen atoms in total. The minimum Gasteiger partial charge on any atom is -0.508 e. The highest BCUT2D eigenvalue weighted by molar-refractivity contribution is 6.03. The van der Waals surface area contributed by atoms with Crippen LogP contribution in [0.25, 0.3) is 0 Å². The second-order valence-corrected chi connectivity index (χ2v) is 36.2. The molecule has 1 fully saturated rings. The average molecular weight is 2120 g/mol. The van der Waals surface area contributed by atoms with Gasteiger partial charge < -0.3 is 181 Å². The van der Waals surface area contributed by atoms with Gasteiger partial charge in [0.15, 0.2) is 11.9 Å². The molecule has 0 spiro atoms. The van der Waals surface area contributed by atoms with Crippen LogP contribution in [0.15, 0.2) is 78.9 Å². The average Bonchev–Trinajstić information content (AvgIpc) is 1.56. The summed E-state index contributed by atoms with van der Waals surface area (Å²) in [5.41, 5.74) is 27.8. The fourth-order valence-corrected chi connectivity index (χ4v) is 15.0. The van der Waals surface area contributed by atoms with Crippen LogP contribution in [-0.4, -0.2) is 360 Å². The molecular formula is C92H139N27O31. The van der Waals surface area contributed by atoms with Crippen molar-refractivity contribution in [2.24, 2.45) is 40.5 Å². The van der Waals surface area contributed by atoms with E-state index >= 15 is 4.79 Å². The lowest BCUT2D eigenvalue weighted by molar-refractivity contribution is -0.144. The quantitative estimate of drug-likeness (QED) is 0.0142. The molecule has 3 aromatic rings. The first kappa shape index (κ1) is 126. The summed E-state index contributed by atoms with van der Waals surface area (Å²) >= 11 is 0. The first-order valence-corrected chi connectivity index (χ1v) is 47.6. The number of carboxylic acids is 1. The number of hydrogen-bond donors (Lipinski definition) is 35. The first-order valence-electron chi connectivity index (χ1n) is 47.6. The van der Waals surface area contributed by atoms with Gasteiger partial charge >= 0.3 is 5.97 Å². The molecule has 21 amide bonds. The van der Waals surface area contributed by atoms with Crippen molar-refractivity contribution in [2.45, 2.75) is 260 Å². The number of carboxylic acid groups (broad SMARTS) is 1. The lowest BCUT2D eigenvalue weighted by atomic mass is 9.99. The maximum absolute atomic E-state index is 15.1. The van der Waals surface area contributed by atoms with Crippen molar-refractivity contribution < 1.29 is 151 Å². The Hall–Kier alpha value is -16.1. The number of aliphatic carboxylic acids is 1. The Labute approximate surface area is 860 Å². The standard InChI is InChI=1S/C92H139N27O31/c1-42(2)31-56(108-82(142)61(37-69(132)133)111-79(139)58(33-49-20-24-51(127)25-21-49)104-68(131)38-102-75(135)57(32-48-15-10-9-11-16-48)109-81(141)60(36-67(94)130)103-47(8)126)78(138)110-59(34-50-22-26-52(128)27-23-50)80(140)105-54(18-13-29-101-92(98)99)77(137)115-70(43(3)4)86(146)106-53(17-12-28-100-91(96)97)76(136)112-62(39-120)83(143)113-63(40-121)84(144)116-71(44(5)123)88(148)114-64(41-122)90(150)119-30-14-19-65(119)85(145)117-73(46(7)125)89(149)118-72(45(6)124)87(147)107-55(74(95)134)35-66(93)129/h9-11,15-16,20-27,42-46,53-65,70-73,120-125,127-128H,12-14,17-19,28-41H2,1-8H3,(H2,93,129)(H2,94,130)(H2,95,134)(H,102,135)(H,103,126)(H,104,131)(H,105,140)(H,106,146)(H,107,147)(H,108,142)(H,109,141)(H,110,138)(H,111,139)(H,112,136)(H,113,143)(H,114,148)(H,115,137)(H,116,144)(H,117,145)(H,118,149)(H,132,133)(H4,96,97,100)(H4,98,99,101)/t44-,45-,46-,53+,54+,55+,56+,57+,58+,59+,60+,61+,62+,63+,64+,65+,70+,71+,72+,73+/m1/s1. The molecule has 1 heterocycles. The number of phenols is 2. The zero-order valence-corrected chi connectivity index (χ0v) is 83.7. The van der Waals surface area contributed by atoms with Crippen molar-refractivity contribution in [3.8, 4) is 11.5 Å². The molecule has 1 aliphatic heterocycles. The smallest absolute Gasteiger partial charge is 0.305 e. The lowest BCUT2D eigenvalue weighted by Gasteiger charge is -2.31.